The molecule has 16 heavy (non-hydrogen) atoms. The molecular formula is C11H17ClFNOS. The molecule has 0 amide bonds. The molecule has 5 heteroatoms. The molecule has 2 nitrogen and oxygen atoms in total. The third kappa shape index (κ3) is 6.20. The van der Waals surface area contributed by atoms with Gasteiger partial charge in [0.1, 0.15) is 5.83 Å². The van der Waals surface area contributed by atoms with Crippen LogP contribution in [0.3, 0.4) is 0 Å². The second-order valence-corrected chi connectivity index (χ2v) is 5.69. The largest absolute Gasteiger partial charge is 0.243 e. The molecule has 1 N–H and O–H groups in total. The summed E-state index contributed by atoms with van der Waals surface area (Å²) in [6.07, 6.45) is 4.02. The third-order valence-electron chi connectivity index (χ3n) is 1.67. The molecule has 92 valence electrons. The van der Waals surface area contributed by atoms with Gasteiger partial charge < -0.3 is 0 Å². The van der Waals surface area contributed by atoms with E-state index in [4.69, 9.17) is 11.6 Å². The van der Waals surface area contributed by atoms with Crippen molar-refractivity contribution in [1.82, 2.24) is 4.72 Å². The minimum absolute atomic E-state index is 0.0213. The Morgan fingerprint density at radius 2 is 2.06 bits per heavy atom. The van der Waals surface area contributed by atoms with Crippen molar-refractivity contribution in [3.63, 3.8) is 0 Å². The van der Waals surface area contributed by atoms with Gasteiger partial charge in [-0.15, -0.1) is 0 Å². The maximum atomic E-state index is 13.1. The first kappa shape index (κ1) is 15.6. The van der Waals surface area contributed by atoms with E-state index in [0.717, 1.165) is 0 Å². The van der Waals surface area contributed by atoms with Crippen molar-refractivity contribution in [3.8, 4) is 0 Å². The summed E-state index contributed by atoms with van der Waals surface area (Å²) >= 11 is 5.51. The summed E-state index contributed by atoms with van der Waals surface area (Å²) in [5.41, 5.74) is 0. The average molecular weight is 266 g/mol. The number of hydrogen-bond donors (Lipinski definition) is 1. The normalized spacial score (nSPS) is 17.4. The minimum atomic E-state index is -1.12. The monoisotopic (exact) mass is 265 g/mol. The molecule has 0 aliphatic heterocycles. The summed E-state index contributed by atoms with van der Waals surface area (Å²) in [6.45, 7) is 8.82. The fraction of sp³-hybridized carbons (Fsp3) is 0.455. The van der Waals surface area contributed by atoms with Crippen molar-refractivity contribution < 1.29 is 8.60 Å². The van der Waals surface area contributed by atoms with E-state index in [-0.39, 0.29) is 16.3 Å². The lowest BCUT2D eigenvalue weighted by Crippen LogP contribution is -2.30. The van der Waals surface area contributed by atoms with Crippen molar-refractivity contribution >= 4 is 22.6 Å². The number of hydrogen-bond acceptors (Lipinski definition) is 1. The fourth-order valence-electron chi connectivity index (χ4n) is 0.765. The van der Waals surface area contributed by atoms with Crippen LogP contribution in [0.5, 0.6) is 0 Å². The molecule has 0 saturated heterocycles. The van der Waals surface area contributed by atoms with E-state index in [9.17, 15) is 8.60 Å². The topological polar surface area (TPSA) is 29.1 Å². The van der Waals surface area contributed by atoms with Crippen LogP contribution in [0, 0.1) is 0 Å². The van der Waals surface area contributed by atoms with Crippen LogP contribution in [0.15, 0.2) is 35.7 Å². The van der Waals surface area contributed by atoms with Gasteiger partial charge in [0, 0.05) is 11.3 Å². The quantitative estimate of drug-likeness (QED) is 0.734. The van der Waals surface area contributed by atoms with Crippen LogP contribution in [0.25, 0.3) is 0 Å². The third-order valence-corrected chi connectivity index (χ3v) is 3.46. The second kappa shape index (κ2) is 7.76. The molecule has 0 unspecified atom stereocenters. The van der Waals surface area contributed by atoms with E-state index in [1.54, 1.807) is 13.0 Å². The Hall–Kier alpha value is -0.450. The highest BCUT2D eigenvalue weighted by atomic mass is 35.5. The van der Waals surface area contributed by atoms with Crippen molar-refractivity contribution in [2.45, 2.75) is 32.1 Å². The number of rotatable bonds is 6. The van der Waals surface area contributed by atoms with Gasteiger partial charge >= 0.3 is 0 Å². The molecule has 0 aromatic heterocycles. The molecule has 0 heterocycles. The molecule has 2 atom stereocenters. The second-order valence-electron chi connectivity index (χ2n) is 3.51. The summed E-state index contributed by atoms with van der Waals surface area (Å²) in [5.74, 6) is -0.555. The van der Waals surface area contributed by atoms with E-state index in [2.05, 4.69) is 11.3 Å². The molecule has 0 radical (unpaired) electrons. The molecule has 0 aliphatic rings. The number of allylic oxidation sites excluding steroid dienone is 4. The molecule has 0 bridgehead atoms. The Morgan fingerprint density at radius 3 is 2.50 bits per heavy atom. The van der Waals surface area contributed by atoms with Crippen molar-refractivity contribution in [1.29, 1.82) is 0 Å². The highest BCUT2D eigenvalue weighted by Gasteiger charge is 2.07. The molecule has 0 saturated carbocycles. The van der Waals surface area contributed by atoms with Gasteiger partial charge in [0.05, 0.1) is 16.0 Å². The maximum absolute atomic E-state index is 13.1. The first-order chi connectivity index (χ1) is 7.38. The van der Waals surface area contributed by atoms with Gasteiger partial charge in [-0.3, -0.25) is 0 Å². The number of halogens is 2. The van der Waals surface area contributed by atoms with Gasteiger partial charge in [-0.05, 0) is 32.9 Å². The first-order valence-electron chi connectivity index (χ1n) is 4.91. The lowest BCUT2D eigenvalue weighted by molar-refractivity contribution is 0.652. The van der Waals surface area contributed by atoms with Crippen molar-refractivity contribution in [3.05, 3.63) is 35.7 Å². The Labute approximate surface area is 104 Å². The standard InChI is InChI=1S/C11H17ClFNOS/c1-5-10(12)11(13)7-6-9(4)14-16(15)8(2)3/h5-9,14H,1H2,2-4H3/b7-6+,11-10-/t9-,16-/m0/s1. The minimum Gasteiger partial charge on any atom is -0.243 e. The summed E-state index contributed by atoms with van der Waals surface area (Å²) in [7, 11) is -1.12. The van der Waals surface area contributed by atoms with Crippen LogP contribution < -0.4 is 4.72 Å². The van der Waals surface area contributed by atoms with Crippen LogP contribution in [-0.2, 0) is 11.0 Å². The zero-order valence-corrected chi connectivity index (χ0v) is 11.2. The molecule has 0 aromatic rings. The SMILES string of the molecule is C=C/C(Cl)=C(F)\C=C\[C@H](C)N[S@@](=O)C(C)C. The van der Waals surface area contributed by atoms with Gasteiger partial charge in [0.25, 0.3) is 0 Å². The van der Waals surface area contributed by atoms with E-state index in [1.807, 2.05) is 13.8 Å². The van der Waals surface area contributed by atoms with Crippen LogP contribution in [-0.4, -0.2) is 15.5 Å². The van der Waals surface area contributed by atoms with E-state index < -0.39 is 16.8 Å². The van der Waals surface area contributed by atoms with Gasteiger partial charge in [-0.1, -0.05) is 24.3 Å². The maximum Gasteiger partial charge on any atom is 0.141 e. The first-order valence-corrected chi connectivity index (χ1v) is 6.50. The number of nitrogens with one attached hydrogen (secondary N) is 1. The fourth-order valence-corrected chi connectivity index (χ4v) is 1.54. The summed E-state index contributed by atoms with van der Waals surface area (Å²) in [4.78, 5) is 0. The Bertz CT molecular complexity index is 326. The van der Waals surface area contributed by atoms with Crippen molar-refractivity contribution in [2.24, 2.45) is 0 Å². The van der Waals surface area contributed by atoms with Crippen LogP contribution in [0.2, 0.25) is 0 Å². The van der Waals surface area contributed by atoms with Gasteiger partial charge in [0.2, 0.25) is 0 Å². The van der Waals surface area contributed by atoms with Crippen LogP contribution >= 0.6 is 11.6 Å². The Morgan fingerprint density at radius 1 is 1.50 bits per heavy atom. The smallest absolute Gasteiger partial charge is 0.141 e. The Balaban J connectivity index is 4.35. The van der Waals surface area contributed by atoms with Crippen LogP contribution in [0.4, 0.5) is 4.39 Å². The summed E-state index contributed by atoms with van der Waals surface area (Å²) < 4.78 is 27.4. The predicted octanol–water partition coefficient (Wildman–Crippen LogP) is 3.20. The zero-order chi connectivity index (χ0) is 12.7. The molecule has 0 aromatic carbocycles. The van der Waals surface area contributed by atoms with Gasteiger partial charge in [-0.2, -0.15) is 0 Å². The van der Waals surface area contributed by atoms with E-state index >= 15 is 0 Å². The lowest BCUT2D eigenvalue weighted by Gasteiger charge is -2.10. The predicted molar refractivity (Wildman–Crippen MR) is 69.2 cm³/mol. The summed E-state index contributed by atoms with van der Waals surface area (Å²) in [6, 6.07) is -0.191. The Kier molecular flexibility index (Phi) is 7.55. The molecule has 0 spiro atoms. The van der Waals surface area contributed by atoms with E-state index in [0.29, 0.717) is 0 Å². The highest BCUT2D eigenvalue weighted by molar-refractivity contribution is 7.83. The van der Waals surface area contributed by atoms with Crippen LogP contribution in [0.1, 0.15) is 20.8 Å². The van der Waals surface area contributed by atoms with Gasteiger partial charge in [0.15, 0.2) is 0 Å². The van der Waals surface area contributed by atoms with Crippen molar-refractivity contribution in [2.75, 3.05) is 0 Å². The molecular weight excluding hydrogens is 249 g/mol. The molecule has 0 fully saturated rings. The molecule has 0 aliphatic carbocycles. The van der Waals surface area contributed by atoms with Gasteiger partial charge in [-0.25, -0.2) is 13.3 Å². The lowest BCUT2D eigenvalue weighted by atomic mass is 10.3. The highest BCUT2D eigenvalue weighted by Crippen LogP contribution is 2.13. The van der Waals surface area contributed by atoms with E-state index in [1.165, 1.54) is 12.2 Å². The zero-order valence-electron chi connectivity index (χ0n) is 9.67. The summed E-state index contributed by atoms with van der Waals surface area (Å²) in [5, 5.41) is -0.0126. The average Bonchev–Trinajstić information content (AvgIpc) is 2.24. The molecule has 0 rings (SSSR count).